The van der Waals surface area contributed by atoms with Crippen molar-refractivity contribution in [2.45, 2.75) is 62.6 Å². The van der Waals surface area contributed by atoms with Crippen LogP contribution in [-0.2, 0) is 35.7 Å². The number of fused-ring (bicyclic) bond motifs is 3. The third kappa shape index (κ3) is 14.2. The number of benzene rings is 1. The van der Waals surface area contributed by atoms with Crippen LogP contribution in [0.15, 0.2) is 110 Å². The molecule has 2 unspecified atom stereocenters. The highest BCUT2D eigenvalue weighted by Crippen LogP contribution is 2.49. The lowest BCUT2D eigenvalue weighted by molar-refractivity contribution is -0.199. The number of halogens is 4. The standard InChI is InChI=1S/C26H27FN6O.C17H20ClN3O.C15H16ClN3O.C2H6OS.HI/c1-32-12-7-19(8-13-32)26(9-14-34-26)24-6-3-18-17-28-25(16-23(18)30-24)31-22-5-4-20(15-21(22)27)33-11-2-10-29-33;1-21-7-4-13(5-8-21)17(6-9-22-17)15-3-2-12-11-19-16(18)10-14(12)20-15;1-19-6-4-10(5-7-19)15(20)12-3-2-11-9-17-14(16)8-13(11)18-12;1-4(2)3;/h2-6,10-11,15-17,19H,7-9,12-14H2,1H3,(H,28,31);2-3,10-11,13H,4-9H2,1H3;2-3,8-10H,4-7H2,1H3;1-2H3;1H. The number of ketones is 1. The summed E-state index contributed by atoms with van der Waals surface area (Å²) in [5.41, 5.74) is 5.57. The predicted molar refractivity (Wildman–Crippen MR) is 316 cm³/mol. The number of hydrogen-bond donors (Lipinski definition) is 1. The van der Waals surface area contributed by atoms with Crippen molar-refractivity contribution < 1.29 is 46.8 Å². The SMILES string of the molecule is CN1CCC(C(=O)c2ccc3cnc(Cl)cc3n2)CC1.CN1CCC(C2(c3ccc4cnc(Cl)cc4n3)CCO2)CC1.CN1CCC(C2(c3ccc4cnc(Nc5ccc(-n6cccn6)cc5F)cc4n3)CCO2)CC1.C[SH+](C)=O.[I-]. The van der Waals surface area contributed by atoms with Crippen LogP contribution in [0, 0.1) is 23.6 Å². The van der Waals surface area contributed by atoms with E-state index in [1.54, 1.807) is 72.4 Å². The Bertz CT molecular complexity index is 3460. The molecule has 13 rings (SSSR count). The number of thiol groups is 1. The fourth-order valence-electron chi connectivity index (χ4n) is 11.5. The number of nitrogens with zero attached hydrogens (tertiary/aromatic N) is 11. The van der Waals surface area contributed by atoms with Crippen molar-refractivity contribution >= 4 is 84.0 Å². The van der Waals surface area contributed by atoms with Crippen LogP contribution in [0.4, 0.5) is 15.9 Å². The van der Waals surface area contributed by atoms with E-state index in [9.17, 15) is 13.4 Å². The van der Waals surface area contributed by atoms with Gasteiger partial charge in [-0.05, 0) is 165 Å². The molecule has 0 saturated carbocycles. The van der Waals surface area contributed by atoms with Crippen molar-refractivity contribution in [3.05, 3.63) is 143 Å². The lowest BCUT2D eigenvalue weighted by atomic mass is 9.73. The molecule has 0 radical (unpaired) electrons. The number of piperidine rings is 3. The van der Waals surface area contributed by atoms with E-state index in [1.165, 1.54) is 18.9 Å². The van der Waals surface area contributed by atoms with Gasteiger partial charge in [0.15, 0.2) is 5.78 Å². The molecular weight excluding hydrogens is 1200 g/mol. The molecule has 7 aromatic heterocycles. The summed E-state index contributed by atoms with van der Waals surface area (Å²) >= 11 is 11.9. The van der Waals surface area contributed by atoms with Gasteiger partial charge in [0.2, 0.25) is 0 Å². The second-order valence-corrected chi connectivity index (χ2v) is 24.3. The Kier molecular flexibility index (Phi) is 20.1. The van der Waals surface area contributed by atoms with Crippen LogP contribution in [0.2, 0.25) is 10.3 Å². The fraction of sp³-hybridized carbons (Fsp3) is 0.433. The Labute approximate surface area is 502 Å². The zero-order valence-corrected chi connectivity index (χ0v) is 51.0. The molecular formula is C60H70Cl2FIN12O4S. The molecule has 21 heteroatoms. The van der Waals surface area contributed by atoms with Gasteiger partial charge in [0, 0.05) is 90.2 Å². The minimum atomic E-state index is -0.870. The Morgan fingerprint density at radius 2 is 1.12 bits per heavy atom. The van der Waals surface area contributed by atoms with Gasteiger partial charge >= 0.3 is 0 Å². The molecule has 2 atom stereocenters. The van der Waals surface area contributed by atoms with Gasteiger partial charge in [-0.2, -0.15) is 5.10 Å². The smallest absolute Gasteiger partial charge is 0.184 e. The number of nitrogens with one attached hydrogen (secondary N) is 1. The second-order valence-electron chi connectivity index (χ2n) is 21.9. The highest BCUT2D eigenvalue weighted by molar-refractivity contribution is 7.83. The number of likely N-dealkylation sites (tertiary alicyclic amines) is 3. The number of anilines is 2. The highest BCUT2D eigenvalue weighted by atomic mass is 127. The van der Waals surface area contributed by atoms with Gasteiger partial charge in [-0.15, -0.1) is 4.21 Å². The number of carbonyl (C=O) groups excluding carboxylic acids is 1. The topological polar surface area (TPSA) is 170 Å². The van der Waals surface area contributed by atoms with E-state index in [4.69, 9.17) is 42.6 Å². The normalized spacial score (nSPS) is 21.1. The molecule has 5 fully saturated rings. The van der Waals surface area contributed by atoms with Crippen LogP contribution in [0.1, 0.15) is 73.2 Å². The monoisotopic (exact) mass is 1270 g/mol. The molecule has 428 valence electrons. The second kappa shape index (κ2) is 27.0. The van der Waals surface area contributed by atoms with Crippen LogP contribution < -0.4 is 29.3 Å². The van der Waals surface area contributed by atoms with Gasteiger partial charge in [-0.25, -0.2) is 39.0 Å². The molecule has 0 bridgehead atoms. The number of aromatic nitrogens is 8. The van der Waals surface area contributed by atoms with Gasteiger partial charge in [0.05, 0.1) is 75.8 Å². The maximum absolute atomic E-state index is 14.8. The van der Waals surface area contributed by atoms with Crippen molar-refractivity contribution in [3.8, 4) is 5.69 Å². The lowest BCUT2D eigenvalue weighted by Crippen LogP contribution is -3.00. The first-order chi connectivity index (χ1) is 38.6. The van der Waals surface area contributed by atoms with Crippen molar-refractivity contribution in [2.75, 3.05) is 91.5 Å². The number of carbonyl (C=O) groups is 1. The Balaban J connectivity index is 0.000000147. The first kappa shape index (κ1) is 60.4. The van der Waals surface area contributed by atoms with E-state index in [0.29, 0.717) is 45.0 Å². The molecule has 8 aromatic rings. The van der Waals surface area contributed by atoms with E-state index < -0.39 is 10.8 Å². The van der Waals surface area contributed by atoms with Crippen molar-refractivity contribution in [1.29, 1.82) is 0 Å². The Morgan fingerprint density at radius 1 is 0.654 bits per heavy atom. The molecule has 81 heavy (non-hydrogen) atoms. The summed E-state index contributed by atoms with van der Waals surface area (Å²) in [5.74, 6) is 1.44. The molecule has 0 amide bonds. The number of rotatable bonds is 9. The predicted octanol–water partition coefficient (Wildman–Crippen LogP) is 7.65. The third-order valence-electron chi connectivity index (χ3n) is 16.3. The molecule has 5 saturated heterocycles. The minimum Gasteiger partial charge on any atom is -1.00 e. The largest absolute Gasteiger partial charge is 1.00 e. The zero-order valence-electron chi connectivity index (χ0n) is 46.4. The molecule has 16 nitrogen and oxygen atoms in total. The van der Waals surface area contributed by atoms with Gasteiger partial charge in [-0.3, -0.25) is 4.79 Å². The van der Waals surface area contributed by atoms with Gasteiger partial charge in [-0.1, -0.05) is 23.2 Å². The van der Waals surface area contributed by atoms with Crippen molar-refractivity contribution in [1.82, 2.24) is 54.4 Å². The maximum atomic E-state index is 14.8. The average Bonchev–Trinajstić information content (AvgIpc) is 4.12. The Morgan fingerprint density at radius 3 is 1.59 bits per heavy atom. The van der Waals surface area contributed by atoms with Crippen LogP contribution >= 0.6 is 23.2 Å². The quantitative estimate of drug-likeness (QED) is 0.0492. The Hall–Kier alpha value is -5.23. The van der Waals surface area contributed by atoms with E-state index in [-0.39, 0.29) is 52.7 Å². The summed E-state index contributed by atoms with van der Waals surface area (Å²) in [7, 11) is 5.58. The van der Waals surface area contributed by atoms with Crippen LogP contribution in [-0.4, -0.2) is 146 Å². The number of pyridine rings is 6. The minimum absolute atomic E-state index is 0. The summed E-state index contributed by atoms with van der Waals surface area (Å²) < 4.78 is 38.4. The van der Waals surface area contributed by atoms with E-state index in [0.717, 1.165) is 135 Å². The first-order valence-electron chi connectivity index (χ1n) is 27.6. The molecule has 5 aliphatic rings. The summed E-state index contributed by atoms with van der Waals surface area (Å²) in [4.78, 5) is 46.4. The van der Waals surface area contributed by atoms with Crippen LogP contribution in [0.25, 0.3) is 38.4 Å². The van der Waals surface area contributed by atoms with Crippen molar-refractivity contribution in [2.24, 2.45) is 17.8 Å². The van der Waals surface area contributed by atoms with Crippen LogP contribution in [0.3, 0.4) is 0 Å². The van der Waals surface area contributed by atoms with Gasteiger partial charge < -0.3 is 53.5 Å². The average molecular weight is 1270 g/mol. The van der Waals surface area contributed by atoms with E-state index in [2.05, 4.69) is 90.5 Å². The summed E-state index contributed by atoms with van der Waals surface area (Å²) in [5, 5.41) is 11.0. The van der Waals surface area contributed by atoms with Gasteiger partial charge in [0.25, 0.3) is 0 Å². The third-order valence-corrected chi connectivity index (χ3v) is 16.7. The highest BCUT2D eigenvalue weighted by Gasteiger charge is 2.50. The summed E-state index contributed by atoms with van der Waals surface area (Å²) in [6, 6.07) is 24.2. The fourth-order valence-corrected chi connectivity index (χ4v) is 11.8. The molecule has 0 spiro atoms. The number of hydrogen-bond acceptors (Lipinski definition) is 15. The molecule has 1 aromatic carbocycles. The van der Waals surface area contributed by atoms with E-state index >= 15 is 0 Å². The maximum Gasteiger partial charge on any atom is 0.184 e. The number of ether oxygens (including phenoxy) is 2. The lowest BCUT2D eigenvalue weighted by Gasteiger charge is -2.49. The molecule has 5 aliphatic heterocycles. The van der Waals surface area contributed by atoms with E-state index in [1.807, 2.05) is 24.3 Å². The van der Waals surface area contributed by atoms with Crippen LogP contribution in [0.5, 0.6) is 0 Å². The summed E-state index contributed by atoms with van der Waals surface area (Å²) in [6.07, 6.45) is 20.5. The first-order valence-corrected chi connectivity index (χ1v) is 30.5. The summed E-state index contributed by atoms with van der Waals surface area (Å²) in [6.45, 7) is 8.02. The van der Waals surface area contributed by atoms with Gasteiger partial charge in [0.1, 0.15) is 38.8 Å². The zero-order chi connectivity index (χ0) is 56.0. The van der Waals surface area contributed by atoms with Crippen molar-refractivity contribution in [3.63, 3.8) is 0 Å². The molecule has 1 N–H and O–H groups in total. The molecule has 0 aliphatic carbocycles. The molecule has 12 heterocycles. The number of Topliss-reactive ketones (excluding diaryl/α,β-unsaturated/α-hetero) is 1.